The van der Waals surface area contributed by atoms with Crippen molar-refractivity contribution >= 4 is 10.9 Å². The van der Waals surface area contributed by atoms with Gasteiger partial charge in [-0.25, -0.2) is 0 Å². The number of nitrogens with two attached hydrogens (primary N) is 1. The topological polar surface area (TPSA) is 50.9 Å². The highest BCUT2D eigenvalue weighted by molar-refractivity contribution is 5.79. The number of aryl methyl sites for hydroxylation is 1. The van der Waals surface area contributed by atoms with Crippen LogP contribution in [0.5, 0.6) is 0 Å². The van der Waals surface area contributed by atoms with Gasteiger partial charge in [-0.2, -0.15) is 0 Å². The molecule has 0 amide bonds. The Balaban J connectivity index is 2.34. The van der Waals surface area contributed by atoms with Crippen LogP contribution in [0.15, 0.2) is 30.3 Å². The Kier molecular flexibility index (Phi) is 3.93. The normalized spacial score (nSPS) is 12.3. The van der Waals surface area contributed by atoms with Crippen LogP contribution < -0.4 is 11.1 Å². The fourth-order valence-corrected chi connectivity index (χ4v) is 1.98. The van der Waals surface area contributed by atoms with Crippen LogP contribution in [0.3, 0.4) is 0 Å². The Morgan fingerprint density at radius 2 is 2.22 bits per heavy atom. The number of hydrogen-bond acceptors (Lipinski definition) is 3. The molecule has 1 aromatic carbocycles. The zero-order chi connectivity index (χ0) is 13.0. The summed E-state index contributed by atoms with van der Waals surface area (Å²) < 4.78 is 0. The van der Waals surface area contributed by atoms with Gasteiger partial charge in [0.1, 0.15) is 0 Å². The molecule has 0 aliphatic rings. The number of pyridine rings is 1. The van der Waals surface area contributed by atoms with E-state index in [9.17, 15) is 0 Å². The van der Waals surface area contributed by atoms with Crippen LogP contribution in [-0.4, -0.2) is 18.1 Å². The first-order valence-electron chi connectivity index (χ1n) is 5.99. The highest BCUT2D eigenvalue weighted by atomic mass is 14.9. The molecule has 2 rings (SSSR count). The molecule has 1 unspecified atom stereocenters. The SMILES string of the molecule is C#CCNC(CN)c1ccc2nc(C)ccc2c1. The summed E-state index contributed by atoms with van der Waals surface area (Å²) in [5.41, 5.74) is 8.94. The van der Waals surface area contributed by atoms with Crippen LogP contribution >= 0.6 is 0 Å². The van der Waals surface area contributed by atoms with Gasteiger partial charge in [-0.15, -0.1) is 6.42 Å². The quantitative estimate of drug-likeness (QED) is 0.799. The van der Waals surface area contributed by atoms with E-state index in [1.165, 1.54) is 0 Å². The molecule has 0 bridgehead atoms. The van der Waals surface area contributed by atoms with Gasteiger partial charge in [0, 0.05) is 23.7 Å². The Morgan fingerprint density at radius 3 is 2.94 bits per heavy atom. The molecule has 0 aliphatic heterocycles. The van der Waals surface area contributed by atoms with Crippen molar-refractivity contribution in [1.82, 2.24) is 10.3 Å². The van der Waals surface area contributed by atoms with Crippen molar-refractivity contribution in [3.05, 3.63) is 41.6 Å². The molecule has 0 aliphatic carbocycles. The molecule has 1 aromatic heterocycles. The van der Waals surface area contributed by atoms with Gasteiger partial charge >= 0.3 is 0 Å². The van der Waals surface area contributed by atoms with Gasteiger partial charge < -0.3 is 5.73 Å². The number of nitrogens with zero attached hydrogens (tertiary/aromatic N) is 1. The molecule has 1 heterocycles. The number of benzene rings is 1. The van der Waals surface area contributed by atoms with Crippen LogP contribution in [0.25, 0.3) is 10.9 Å². The van der Waals surface area contributed by atoms with Crippen LogP contribution in [0.1, 0.15) is 17.3 Å². The molecular weight excluding hydrogens is 222 g/mol. The predicted octanol–water partition coefficient (Wildman–Crippen LogP) is 1.77. The molecule has 0 spiro atoms. The first-order chi connectivity index (χ1) is 8.74. The van der Waals surface area contributed by atoms with Crippen molar-refractivity contribution in [2.75, 3.05) is 13.1 Å². The lowest BCUT2D eigenvalue weighted by Crippen LogP contribution is -2.28. The second-order valence-electron chi connectivity index (χ2n) is 4.28. The summed E-state index contributed by atoms with van der Waals surface area (Å²) in [6, 6.07) is 10.4. The van der Waals surface area contributed by atoms with Crippen LogP contribution in [0.2, 0.25) is 0 Å². The van der Waals surface area contributed by atoms with Gasteiger partial charge in [0.05, 0.1) is 12.1 Å². The summed E-state index contributed by atoms with van der Waals surface area (Å²) in [6.07, 6.45) is 5.25. The third-order valence-electron chi connectivity index (χ3n) is 2.94. The van der Waals surface area contributed by atoms with Crippen molar-refractivity contribution in [3.63, 3.8) is 0 Å². The summed E-state index contributed by atoms with van der Waals surface area (Å²) in [4.78, 5) is 4.48. The second kappa shape index (κ2) is 5.63. The summed E-state index contributed by atoms with van der Waals surface area (Å²) in [5.74, 6) is 2.57. The first kappa shape index (κ1) is 12.6. The van der Waals surface area contributed by atoms with Gasteiger partial charge in [-0.3, -0.25) is 10.3 Å². The van der Waals surface area contributed by atoms with Crippen molar-refractivity contribution in [3.8, 4) is 12.3 Å². The minimum Gasteiger partial charge on any atom is -0.329 e. The molecule has 3 nitrogen and oxygen atoms in total. The molecule has 0 saturated carbocycles. The minimum atomic E-state index is 0.0896. The summed E-state index contributed by atoms with van der Waals surface area (Å²) in [7, 11) is 0. The van der Waals surface area contributed by atoms with Gasteiger partial charge in [0.15, 0.2) is 0 Å². The molecule has 2 aromatic rings. The van der Waals surface area contributed by atoms with E-state index < -0.39 is 0 Å². The van der Waals surface area contributed by atoms with Crippen LogP contribution in [-0.2, 0) is 0 Å². The maximum Gasteiger partial charge on any atom is 0.0705 e. The number of aromatic nitrogens is 1. The van der Waals surface area contributed by atoms with Crippen LogP contribution in [0, 0.1) is 19.3 Å². The lowest BCUT2D eigenvalue weighted by molar-refractivity contribution is 0.583. The lowest BCUT2D eigenvalue weighted by Gasteiger charge is -2.16. The molecule has 3 heteroatoms. The number of nitrogens with one attached hydrogen (secondary N) is 1. The van der Waals surface area contributed by atoms with E-state index in [2.05, 4.69) is 34.4 Å². The smallest absolute Gasteiger partial charge is 0.0705 e. The Bertz CT molecular complexity index is 584. The molecule has 3 N–H and O–H groups in total. The lowest BCUT2D eigenvalue weighted by atomic mass is 10.0. The average Bonchev–Trinajstić information content (AvgIpc) is 2.39. The third-order valence-corrected chi connectivity index (χ3v) is 2.94. The van der Waals surface area contributed by atoms with E-state index >= 15 is 0 Å². The highest BCUT2D eigenvalue weighted by Gasteiger charge is 2.08. The molecule has 18 heavy (non-hydrogen) atoms. The first-order valence-corrected chi connectivity index (χ1v) is 5.99. The largest absolute Gasteiger partial charge is 0.329 e. The predicted molar refractivity (Wildman–Crippen MR) is 75.1 cm³/mol. The number of rotatable bonds is 4. The molecule has 92 valence electrons. The van der Waals surface area contributed by atoms with Crippen molar-refractivity contribution in [2.45, 2.75) is 13.0 Å². The molecule has 0 fully saturated rings. The molecule has 1 atom stereocenters. The number of terminal acetylenes is 1. The fourth-order valence-electron chi connectivity index (χ4n) is 1.98. The zero-order valence-electron chi connectivity index (χ0n) is 10.5. The van der Waals surface area contributed by atoms with E-state index in [0.29, 0.717) is 13.1 Å². The van der Waals surface area contributed by atoms with Gasteiger partial charge in [0.25, 0.3) is 0 Å². The van der Waals surface area contributed by atoms with E-state index in [-0.39, 0.29) is 6.04 Å². The Morgan fingerprint density at radius 1 is 1.39 bits per heavy atom. The van der Waals surface area contributed by atoms with Crippen LogP contribution in [0.4, 0.5) is 0 Å². The monoisotopic (exact) mass is 239 g/mol. The van der Waals surface area contributed by atoms with Gasteiger partial charge in [-0.1, -0.05) is 18.1 Å². The van der Waals surface area contributed by atoms with Crippen molar-refractivity contribution < 1.29 is 0 Å². The Hall–Kier alpha value is -1.89. The number of fused-ring (bicyclic) bond motifs is 1. The molecule has 0 saturated heterocycles. The van der Waals surface area contributed by atoms with Gasteiger partial charge in [-0.05, 0) is 30.7 Å². The minimum absolute atomic E-state index is 0.0896. The average molecular weight is 239 g/mol. The summed E-state index contributed by atoms with van der Waals surface area (Å²) in [6.45, 7) is 3.03. The van der Waals surface area contributed by atoms with E-state index in [1.807, 2.05) is 19.1 Å². The molecule has 0 radical (unpaired) electrons. The van der Waals surface area contributed by atoms with Crippen molar-refractivity contribution in [1.29, 1.82) is 0 Å². The van der Waals surface area contributed by atoms with Crippen molar-refractivity contribution in [2.24, 2.45) is 5.73 Å². The Labute approximate surface area is 107 Å². The highest BCUT2D eigenvalue weighted by Crippen LogP contribution is 2.19. The summed E-state index contributed by atoms with van der Waals surface area (Å²) in [5, 5.41) is 4.35. The standard InChI is InChI=1S/C15H17N3/c1-3-8-17-15(10-16)13-6-7-14-12(9-13)5-4-11(2)18-14/h1,4-7,9,15,17H,8,10,16H2,2H3. The second-order valence-corrected chi connectivity index (χ2v) is 4.28. The third kappa shape index (κ3) is 2.67. The van der Waals surface area contributed by atoms with E-state index in [4.69, 9.17) is 12.2 Å². The number of hydrogen-bond donors (Lipinski definition) is 2. The fraction of sp³-hybridized carbons (Fsp3) is 0.267. The van der Waals surface area contributed by atoms with E-state index in [1.54, 1.807) is 0 Å². The van der Waals surface area contributed by atoms with E-state index in [0.717, 1.165) is 22.2 Å². The molecular formula is C15H17N3. The maximum absolute atomic E-state index is 5.77. The maximum atomic E-state index is 5.77. The van der Waals surface area contributed by atoms with Gasteiger partial charge in [0.2, 0.25) is 0 Å². The summed E-state index contributed by atoms with van der Waals surface area (Å²) >= 11 is 0. The zero-order valence-corrected chi connectivity index (χ0v) is 10.5.